The molecule has 2 saturated heterocycles. The Balaban J connectivity index is 1.64. The molecule has 0 radical (unpaired) electrons. The second-order valence-corrected chi connectivity index (χ2v) is 10.6. The molecule has 3 aliphatic heterocycles. The van der Waals surface area contributed by atoms with E-state index in [0.717, 1.165) is 17.0 Å². The maximum absolute atomic E-state index is 14.1. The first-order valence-electron chi connectivity index (χ1n) is 11.3. The van der Waals surface area contributed by atoms with Crippen LogP contribution in [0, 0.1) is 11.8 Å². The van der Waals surface area contributed by atoms with E-state index in [1.54, 1.807) is 40.9 Å². The summed E-state index contributed by atoms with van der Waals surface area (Å²) in [5.74, 6) is -1.00. The first kappa shape index (κ1) is 23.7. The van der Waals surface area contributed by atoms with E-state index in [1.807, 2.05) is 30.5 Å². The van der Waals surface area contributed by atoms with E-state index in [1.165, 1.54) is 4.90 Å². The Morgan fingerprint density at radius 1 is 1.06 bits per heavy atom. The zero-order chi connectivity index (χ0) is 24.0. The minimum Gasteiger partial charge on any atom is -0.310 e. The summed E-state index contributed by atoms with van der Waals surface area (Å²) in [5, 5.41) is 4.05. The molecule has 1 N–H and O–H groups in total. The van der Waals surface area contributed by atoms with Gasteiger partial charge < -0.3 is 4.90 Å². The predicted molar refractivity (Wildman–Crippen MR) is 137 cm³/mol. The number of rotatable bonds is 7. The average Bonchev–Trinajstić information content (AvgIpc) is 3.40. The lowest BCUT2D eigenvalue weighted by Crippen LogP contribution is -2.55. The molecule has 3 amide bonds. The van der Waals surface area contributed by atoms with Gasteiger partial charge in [-0.3, -0.25) is 19.7 Å². The third kappa shape index (κ3) is 3.40. The van der Waals surface area contributed by atoms with Crippen molar-refractivity contribution in [1.29, 1.82) is 0 Å². The number of thioether (sulfide) groups is 1. The molecule has 3 aliphatic rings. The highest BCUT2D eigenvalue weighted by molar-refractivity contribution is 7.98. The van der Waals surface area contributed by atoms with Crippen molar-refractivity contribution < 1.29 is 14.4 Å². The third-order valence-electron chi connectivity index (χ3n) is 7.10. The molecule has 34 heavy (non-hydrogen) atoms. The summed E-state index contributed by atoms with van der Waals surface area (Å²) >= 11 is 13.7. The molecule has 0 aliphatic carbocycles. The molecule has 0 saturated carbocycles. The molecule has 2 fully saturated rings. The van der Waals surface area contributed by atoms with Gasteiger partial charge in [0.05, 0.1) is 17.5 Å². The molecule has 0 unspecified atom stereocenters. The van der Waals surface area contributed by atoms with Gasteiger partial charge in [-0.05, 0) is 55.2 Å². The maximum atomic E-state index is 14.1. The first-order chi connectivity index (χ1) is 16.5. The van der Waals surface area contributed by atoms with Crippen LogP contribution >= 0.6 is 35.0 Å². The number of hydrogen-bond donors (Lipinski definition) is 1. The highest BCUT2D eigenvalue weighted by Gasteiger charge is 2.71. The Labute approximate surface area is 212 Å². The normalized spacial score (nSPS) is 27.7. The maximum Gasteiger partial charge on any atom is 0.252 e. The second kappa shape index (κ2) is 9.19. The van der Waals surface area contributed by atoms with Crippen molar-refractivity contribution in [2.24, 2.45) is 11.8 Å². The zero-order valence-electron chi connectivity index (χ0n) is 18.7. The van der Waals surface area contributed by atoms with E-state index in [9.17, 15) is 14.4 Å². The van der Waals surface area contributed by atoms with Crippen molar-refractivity contribution in [1.82, 2.24) is 5.32 Å². The van der Waals surface area contributed by atoms with Crippen LogP contribution in [-0.2, 0) is 19.9 Å². The molecule has 0 bridgehead atoms. The monoisotopic (exact) mass is 517 g/mol. The Morgan fingerprint density at radius 3 is 2.50 bits per heavy atom. The van der Waals surface area contributed by atoms with Gasteiger partial charge in [0.25, 0.3) is 5.91 Å². The van der Waals surface area contributed by atoms with Crippen molar-refractivity contribution in [2.45, 2.75) is 24.4 Å². The summed E-state index contributed by atoms with van der Waals surface area (Å²) in [5.41, 5.74) is 0.741. The van der Waals surface area contributed by atoms with Crippen LogP contribution < -0.4 is 15.1 Å². The number of carbonyl (C=O) groups excluding carboxylic acids is 3. The van der Waals surface area contributed by atoms with Gasteiger partial charge in [0.15, 0.2) is 0 Å². The molecule has 3 heterocycles. The van der Waals surface area contributed by atoms with E-state index in [0.29, 0.717) is 36.0 Å². The van der Waals surface area contributed by atoms with Crippen molar-refractivity contribution in [3.8, 4) is 0 Å². The summed E-state index contributed by atoms with van der Waals surface area (Å²) in [4.78, 5) is 44.8. The number of hydrogen-bond acceptors (Lipinski definition) is 5. The number of benzene rings is 2. The molecule has 6 nitrogen and oxygen atoms in total. The van der Waals surface area contributed by atoms with Crippen LogP contribution in [0.3, 0.4) is 0 Å². The van der Waals surface area contributed by atoms with Crippen LogP contribution in [0.5, 0.6) is 0 Å². The van der Waals surface area contributed by atoms with Gasteiger partial charge in [0.1, 0.15) is 5.54 Å². The van der Waals surface area contributed by atoms with E-state index >= 15 is 0 Å². The smallest absolute Gasteiger partial charge is 0.252 e. The number of imide groups is 1. The summed E-state index contributed by atoms with van der Waals surface area (Å²) in [6.45, 7) is 0.457. The predicted octanol–water partition coefficient (Wildman–Crippen LogP) is 4.04. The van der Waals surface area contributed by atoms with Crippen LogP contribution in [0.25, 0.3) is 0 Å². The Morgan fingerprint density at radius 2 is 1.79 bits per heavy atom. The Kier molecular flexibility index (Phi) is 6.40. The molecule has 1 spiro atoms. The number of nitrogens with one attached hydrogen (secondary N) is 1. The molecular formula is C25H25Cl2N3O3S. The van der Waals surface area contributed by atoms with Crippen LogP contribution in [0.15, 0.2) is 48.5 Å². The van der Waals surface area contributed by atoms with Gasteiger partial charge in [-0.15, -0.1) is 11.6 Å². The van der Waals surface area contributed by atoms with Crippen LogP contribution in [-0.4, -0.2) is 48.2 Å². The second-order valence-electron chi connectivity index (χ2n) is 8.85. The Hall–Kier alpha value is -2.06. The lowest BCUT2D eigenvalue weighted by atomic mass is 9.76. The van der Waals surface area contributed by atoms with Crippen molar-refractivity contribution in [2.75, 3.05) is 34.2 Å². The van der Waals surface area contributed by atoms with E-state index in [4.69, 9.17) is 23.2 Å². The lowest BCUT2D eigenvalue weighted by Gasteiger charge is -2.30. The summed E-state index contributed by atoms with van der Waals surface area (Å²) in [6.07, 6.45) is 3.31. The molecule has 4 atom stereocenters. The number of halogens is 2. The van der Waals surface area contributed by atoms with Gasteiger partial charge in [-0.25, -0.2) is 4.90 Å². The third-order valence-corrected chi connectivity index (χ3v) is 8.26. The molecule has 5 rings (SSSR count). The SMILES string of the molecule is CSCC[C@@H]1N[C@]2(C(=O)N(CCCCl)c3ccccc32)[C@@H]2C(=O)N(c3ccc(Cl)cc3)C(=O)[C@@H]12. The van der Waals surface area contributed by atoms with Crippen LogP contribution in [0.4, 0.5) is 11.4 Å². The lowest BCUT2D eigenvalue weighted by molar-refractivity contribution is -0.132. The topological polar surface area (TPSA) is 69.7 Å². The highest BCUT2D eigenvalue weighted by Crippen LogP contribution is 2.55. The standard InChI is InChI=1S/C25H25Cl2N3O3S/c1-34-14-11-18-20-21(23(32)30(22(20)31)16-9-7-15(27)8-10-16)25(28-18)17-5-2-3-6-19(17)29(24(25)33)13-4-12-26/h2-3,5-10,18,20-21,28H,4,11-14H2,1H3/t18-,20-,21-,25-/m0/s1. The largest absolute Gasteiger partial charge is 0.310 e. The van der Waals surface area contributed by atoms with Gasteiger partial charge in [-0.1, -0.05) is 29.8 Å². The number of amides is 3. The van der Waals surface area contributed by atoms with Gasteiger partial charge >= 0.3 is 0 Å². The van der Waals surface area contributed by atoms with Crippen molar-refractivity contribution in [3.63, 3.8) is 0 Å². The first-order valence-corrected chi connectivity index (χ1v) is 13.6. The van der Waals surface area contributed by atoms with Crippen LogP contribution in [0.1, 0.15) is 18.4 Å². The van der Waals surface area contributed by atoms with Gasteiger partial charge in [0.2, 0.25) is 11.8 Å². The number of fused-ring (bicyclic) bond motifs is 4. The fourth-order valence-corrected chi connectivity index (χ4v) is 6.46. The van der Waals surface area contributed by atoms with Crippen molar-refractivity contribution >= 4 is 64.1 Å². The fourth-order valence-electron chi connectivity index (χ4n) is 5.72. The molecule has 0 aromatic heterocycles. The van der Waals surface area contributed by atoms with E-state index in [-0.39, 0.29) is 23.8 Å². The average molecular weight is 518 g/mol. The molecule has 2 aromatic rings. The summed E-state index contributed by atoms with van der Waals surface area (Å²) in [6, 6.07) is 13.9. The summed E-state index contributed by atoms with van der Waals surface area (Å²) in [7, 11) is 0. The Bertz CT molecular complexity index is 1140. The minimum absolute atomic E-state index is 0.181. The highest BCUT2D eigenvalue weighted by atomic mass is 35.5. The zero-order valence-corrected chi connectivity index (χ0v) is 21.0. The summed E-state index contributed by atoms with van der Waals surface area (Å²) < 4.78 is 0. The van der Waals surface area contributed by atoms with E-state index < -0.39 is 17.4 Å². The molecule has 9 heteroatoms. The van der Waals surface area contributed by atoms with Crippen LogP contribution in [0.2, 0.25) is 5.02 Å². The number of nitrogens with zero attached hydrogens (tertiary/aromatic N) is 2. The number of anilines is 2. The number of carbonyl (C=O) groups is 3. The fraction of sp³-hybridized carbons (Fsp3) is 0.400. The van der Waals surface area contributed by atoms with Gasteiger partial charge in [0, 0.05) is 34.7 Å². The molecule has 2 aromatic carbocycles. The molecular weight excluding hydrogens is 493 g/mol. The van der Waals surface area contributed by atoms with Gasteiger partial charge in [-0.2, -0.15) is 11.8 Å². The number of para-hydroxylation sites is 1. The van der Waals surface area contributed by atoms with E-state index in [2.05, 4.69) is 5.32 Å². The quantitative estimate of drug-likeness (QED) is 0.443. The molecule has 178 valence electrons. The minimum atomic E-state index is -1.27. The number of alkyl halides is 1. The van der Waals surface area contributed by atoms with Crippen molar-refractivity contribution in [3.05, 3.63) is 59.1 Å².